The lowest BCUT2D eigenvalue weighted by atomic mass is 10.0. The molecule has 1 heterocycles. The maximum atomic E-state index is 6.13. The first-order valence-corrected chi connectivity index (χ1v) is 8.09. The molecule has 3 N–H and O–H groups in total. The van der Waals surface area contributed by atoms with Gasteiger partial charge in [0.25, 0.3) is 0 Å². The summed E-state index contributed by atoms with van der Waals surface area (Å²) in [7, 11) is 0. The second-order valence-corrected chi connectivity index (χ2v) is 6.28. The van der Waals surface area contributed by atoms with Crippen LogP contribution in [0.2, 0.25) is 0 Å². The van der Waals surface area contributed by atoms with Gasteiger partial charge in [0.1, 0.15) is 5.75 Å². The zero-order chi connectivity index (χ0) is 15.8. The lowest BCUT2D eigenvalue weighted by Gasteiger charge is -2.17. The predicted molar refractivity (Wildman–Crippen MR) is 95.8 cm³/mol. The van der Waals surface area contributed by atoms with Crippen LogP contribution < -0.4 is 15.8 Å². The molecular weight excluding hydrogens is 308 g/mol. The zero-order valence-corrected chi connectivity index (χ0v) is 13.3. The summed E-state index contributed by atoms with van der Waals surface area (Å²) in [5, 5.41) is 3.54. The van der Waals surface area contributed by atoms with Crippen molar-refractivity contribution in [2.24, 2.45) is 0 Å². The van der Waals surface area contributed by atoms with Gasteiger partial charge in [-0.1, -0.05) is 48.6 Å². The first-order valence-electron chi connectivity index (χ1n) is 7.66. The van der Waals surface area contributed by atoms with Crippen LogP contribution >= 0.6 is 11.6 Å². The van der Waals surface area contributed by atoms with Crippen molar-refractivity contribution >= 4 is 23.0 Å². The van der Waals surface area contributed by atoms with Crippen molar-refractivity contribution in [1.82, 2.24) is 0 Å². The number of allylic oxidation sites excluding steroid dienone is 2. The molecule has 23 heavy (non-hydrogen) atoms. The Morgan fingerprint density at radius 3 is 2.70 bits per heavy atom. The van der Waals surface area contributed by atoms with E-state index in [0.29, 0.717) is 0 Å². The van der Waals surface area contributed by atoms with E-state index in [2.05, 4.69) is 17.5 Å². The van der Waals surface area contributed by atoms with Crippen molar-refractivity contribution in [2.45, 2.75) is 18.0 Å². The average Bonchev–Trinajstić information content (AvgIpc) is 3.00. The number of anilines is 2. The Bertz CT molecular complexity index is 813. The van der Waals surface area contributed by atoms with Gasteiger partial charge in [-0.2, -0.15) is 0 Å². The predicted octanol–water partition coefficient (Wildman–Crippen LogP) is 4.56. The Kier molecular flexibility index (Phi) is 3.50. The van der Waals surface area contributed by atoms with Crippen molar-refractivity contribution < 1.29 is 4.74 Å². The van der Waals surface area contributed by atoms with E-state index in [0.717, 1.165) is 40.2 Å². The second-order valence-electron chi connectivity index (χ2n) is 5.72. The number of hydrogen-bond donors (Lipinski definition) is 2. The molecule has 0 aromatic heterocycles. The van der Waals surface area contributed by atoms with E-state index in [1.807, 2.05) is 48.6 Å². The molecule has 4 heteroatoms. The van der Waals surface area contributed by atoms with Crippen molar-refractivity contribution in [2.75, 3.05) is 11.1 Å². The molecule has 0 fully saturated rings. The molecule has 2 aromatic carbocycles. The van der Waals surface area contributed by atoms with Gasteiger partial charge in [-0.15, -0.1) is 11.6 Å². The molecule has 2 atom stereocenters. The number of ether oxygens (including phenoxy) is 1. The summed E-state index contributed by atoms with van der Waals surface area (Å²) >= 11 is 6.09. The molecule has 0 radical (unpaired) electrons. The molecule has 0 saturated carbocycles. The summed E-state index contributed by atoms with van der Waals surface area (Å²) in [6, 6.07) is 13.9. The monoisotopic (exact) mass is 324 g/mol. The van der Waals surface area contributed by atoms with Gasteiger partial charge < -0.3 is 15.8 Å². The summed E-state index contributed by atoms with van der Waals surface area (Å²) < 4.78 is 6.07. The average molecular weight is 325 g/mol. The minimum Gasteiger partial charge on any atom is -0.464 e. The van der Waals surface area contributed by atoms with E-state index in [1.165, 1.54) is 0 Å². The van der Waals surface area contributed by atoms with Crippen molar-refractivity contribution in [3.63, 3.8) is 0 Å². The van der Waals surface area contributed by atoms with Gasteiger partial charge in [0.05, 0.1) is 11.1 Å². The van der Waals surface area contributed by atoms with Gasteiger partial charge in [-0.3, -0.25) is 0 Å². The number of para-hydroxylation sites is 2. The zero-order valence-electron chi connectivity index (χ0n) is 12.5. The Balaban J connectivity index is 1.69. The molecular formula is C19H17ClN2O. The molecule has 1 aliphatic carbocycles. The molecule has 2 aromatic rings. The Hall–Kier alpha value is -2.39. The summed E-state index contributed by atoms with van der Waals surface area (Å²) in [6.07, 6.45) is 6.79. The minimum atomic E-state index is -0.184. The molecule has 0 spiro atoms. The fourth-order valence-electron chi connectivity index (χ4n) is 2.99. The van der Waals surface area contributed by atoms with Crippen LogP contribution in [-0.2, 0) is 0 Å². The molecule has 0 bridgehead atoms. The SMILES string of the molecule is Nc1ccccc1-c1cccc2c1NC(C1=CCC(Cl)C=C1)O2. The molecule has 0 saturated heterocycles. The number of halogens is 1. The maximum absolute atomic E-state index is 6.13. The fraction of sp³-hybridized carbons (Fsp3) is 0.158. The Labute approximate surface area is 140 Å². The molecule has 1 aliphatic heterocycles. The van der Waals surface area contributed by atoms with Gasteiger partial charge in [0, 0.05) is 22.4 Å². The quantitative estimate of drug-likeness (QED) is 0.629. The van der Waals surface area contributed by atoms with Crippen LogP contribution in [-0.4, -0.2) is 11.6 Å². The molecule has 2 aliphatic rings. The standard InChI is InChI=1S/C19H17ClN2O/c20-13-10-8-12(9-11-13)19-22-18-15(5-3-7-17(18)23-19)14-4-1-2-6-16(14)21/h1-10,13,19,22H,11,21H2. The number of hydrogen-bond acceptors (Lipinski definition) is 3. The number of nitrogens with one attached hydrogen (secondary N) is 1. The number of alkyl halides is 1. The van der Waals surface area contributed by atoms with Crippen LogP contribution in [0.1, 0.15) is 6.42 Å². The second kappa shape index (κ2) is 5.67. The van der Waals surface area contributed by atoms with E-state index < -0.39 is 0 Å². The summed E-state index contributed by atoms with van der Waals surface area (Å²) in [4.78, 5) is 0. The van der Waals surface area contributed by atoms with E-state index in [4.69, 9.17) is 22.1 Å². The fourth-order valence-corrected chi connectivity index (χ4v) is 3.15. The van der Waals surface area contributed by atoms with Crippen molar-refractivity contribution in [3.8, 4) is 16.9 Å². The van der Waals surface area contributed by atoms with E-state index in [-0.39, 0.29) is 11.6 Å². The number of rotatable bonds is 2. The summed E-state index contributed by atoms with van der Waals surface area (Å²) in [5.74, 6) is 0.845. The molecule has 116 valence electrons. The van der Waals surface area contributed by atoms with Crippen LogP contribution in [0, 0.1) is 0 Å². The highest BCUT2D eigenvalue weighted by Gasteiger charge is 2.27. The summed E-state index contributed by atoms with van der Waals surface area (Å²) in [5.41, 5.74) is 11.0. The normalized spacial score (nSPS) is 22.0. The molecule has 0 amide bonds. The largest absolute Gasteiger partial charge is 0.464 e. The van der Waals surface area contributed by atoms with Crippen LogP contribution in [0.25, 0.3) is 11.1 Å². The van der Waals surface area contributed by atoms with Crippen LogP contribution in [0.3, 0.4) is 0 Å². The third-order valence-electron chi connectivity index (χ3n) is 4.18. The van der Waals surface area contributed by atoms with Gasteiger partial charge in [-0.05, 0) is 18.6 Å². The number of benzene rings is 2. The summed E-state index contributed by atoms with van der Waals surface area (Å²) in [6.45, 7) is 0. The first-order chi connectivity index (χ1) is 11.2. The smallest absolute Gasteiger partial charge is 0.196 e. The topological polar surface area (TPSA) is 47.3 Å². The molecule has 4 rings (SSSR count). The van der Waals surface area contributed by atoms with Gasteiger partial charge in [0.15, 0.2) is 6.23 Å². The van der Waals surface area contributed by atoms with Crippen LogP contribution in [0.4, 0.5) is 11.4 Å². The Morgan fingerprint density at radius 1 is 1.09 bits per heavy atom. The third-order valence-corrected chi connectivity index (χ3v) is 4.50. The Morgan fingerprint density at radius 2 is 1.91 bits per heavy atom. The number of nitrogen functional groups attached to an aromatic ring is 1. The van der Waals surface area contributed by atoms with Crippen molar-refractivity contribution in [1.29, 1.82) is 0 Å². The highest BCUT2D eigenvalue weighted by atomic mass is 35.5. The molecule has 2 unspecified atom stereocenters. The van der Waals surface area contributed by atoms with E-state index in [1.54, 1.807) is 0 Å². The highest BCUT2D eigenvalue weighted by Crippen LogP contribution is 2.43. The van der Waals surface area contributed by atoms with Crippen LogP contribution in [0.5, 0.6) is 5.75 Å². The highest BCUT2D eigenvalue weighted by molar-refractivity contribution is 6.22. The first kappa shape index (κ1) is 14.2. The lowest BCUT2D eigenvalue weighted by molar-refractivity contribution is 0.293. The minimum absolute atomic E-state index is 0.0715. The number of fused-ring (bicyclic) bond motifs is 1. The lowest BCUT2D eigenvalue weighted by Crippen LogP contribution is -2.23. The van der Waals surface area contributed by atoms with E-state index >= 15 is 0 Å². The van der Waals surface area contributed by atoms with E-state index in [9.17, 15) is 0 Å². The number of nitrogens with two attached hydrogens (primary N) is 1. The van der Waals surface area contributed by atoms with Gasteiger partial charge in [-0.25, -0.2) is 0 Å². The van der Waals surface area contributed by atoms with Crippen LogP contribution in [0.15, 0.2) is 66.3 Å². The van der Waals surface area contributed by atoms with Gasteiger partial charge >= 0.3 is 0 Å². The maximum Gasteiger partial charge on any atom is 0.196 e. The molecule has 3 nitrogen and oxygen atoms in total. The van der Waals surface area contributed by atoms with Crippen molar-refractivity contribution in [3.05, 3.63) is 66.3 Å². The third kappa shape index (κ3) is 2.57. The van der Waals surface area contributed by atoms with Gasteiger partial charge in [0.2, 0.25) is 0 Å².